The summed E-state index contributed by atoms with van der Waals surface area (Å²) in [5, 5.41) is 2.84. The van der Waals surface area contributed by atoms with Crippen LogP contribution < -0.4 is 34.9 Å². The Morgan fingerprint density at radius 1 is 1.58 bits per heavy atom. The smallest absolute Gasteiger partial charge is 0.412 e. The van der Waals surface area contributed by atoms with Gasteiger partial charge in [-0.1, -0.05) is 18.2 Å². The van der Waals surface area contributed by atoms with Gasteiger partial charge in [-0.2, -0.15) is 0 Å². The van der Waals surface area contributed by atoms with Crippen LogP contribution in [0.5, 0.6) is 0 Å². The second-order valence-electron chi connectivity index (χ2n) is 2.68. The van der Waals surface area contributed by atoms with Crippen LogP contribution in [0.4, 0.5) is 0 Å². The Labute approximate surface area is 108 Å². The summed E-state index contributed by atoms with van der Waals surface area (Å²) in [7, 11) is 0. The Balaban J connectivity index is 0. The summed E-state index contributed by atoms with van der Waals surface area (Å²) >= 11 is 9.29. The minimum absolute atomic E-state index is 0. The minimum atomic E-state index is 0. The Morgan fingerprint density at radius 2 is 2.17 bits per heavy atom. The van der Waals surface area contributed by atoms with Gasteiger partial charge in [0.1, 0.15) is 0 Å². The fourth-order valence-corrected chi connectivity index (χ4v) is 0.748. The molecule has 0 aliphatic rings. The fourth-order valence-electron chi connectivity index (χ4n) is 0.544. The first-order chi connectivity index (χ1) is 5.13. The van der Waals surface area contributed by atoms with E-state index in [1.807, 2.05) is 0 Å². The van der Waals surface area contributed by atoms with Gasteiger partial charge in [0.25, 0.3) is 0 Å². The average molecular weight is 215 g/mol. The molecular weight excluding hydrogens is 201 g/mol. The van der Waals surface area contributed by atoms with E-state index in [2.05, 4.69) is 44.0 Å². The Hall–Kier alpha value is 1.07. The molecule has 0 aromatic carbocycles. The summed E-state index contributed by atoms with van der Waals surface area (Å²) in [5.41, 5.74) is 0. The molecule has 5 heteroatoms. The summed E-state index contributed by atoms with van der Waals surface area (Å²) in [6.07, 6.45) is 0. The van der Waals surface area contributed by atoms with Crippen molar-refractivity contribution in [3.05, 3.63) is 0 Å². The molecule has 0 bridgehead atoms. The number of nitrogens with one attached hydrogen (secondary N) is 1. The molecule has 0 radical (unpaired) electrons. The van der Waals surface area contributed by atoms with Crippen molar-refractivity contribution in [1.29, 1.82) is 0 Å². The molecule has 0 aromatic heterocycles. The van der Waals surface area contributed by atoms with Crippen LogP contribution in [0.3, 0.4) is 0 Å². The van der Waals surface area contributed by atoms with Gasteiger partial charge in [0.15, 0.2) is 0 Å². The number of rotatable bonds is 5. The largest absolute Gasteiger partial charge is 1.00 e. The topological polar surface area (TPSA) is 21.3 Å². The first kappa shape index (κ1) is 15.5. The van der Waals surface area contributed by atoms with Gasteiger partial charge in [-0.3, -0.25) is 0 Å². The van der Waals surface area contributed by atoms with E-state index in [0.29, 0.717) is 16.8 Å². The third-order valence-corrected chi connectivity index (χ3v) is 1.26. The Kier molecular flexibility index (Phi) is 13.1. The molecule has 0 saturated heterocycles. The van der Waals surface area contributed by atoms with Gasteiger partial charge in [0.2, 0.25) is 0 Å². The van der Waals surface area contributed by atoms with Crippen LogP contribution in [0, 0.1) is 5.92 Å². The quantitative estimate of drug-likeness (QED) is 0.250. The van der Waals surface area contributed by atoms with E-state index >= 15 is 0 Å². The van der Waals surface area contributed by atoms with Crippen LogP contribution >= 0.6 is 12.2 Å². The zero-order valence-electron chi connectivity index (χ0n) is 7.92. The van der Waals surface area contributed by atoms with Gasteiger partial charge < -0.3 is 34.9 Å². The predicted octanol–water partition coefficient (Wildman–Crippen LogP) is -1.92. The van der Waals surface area contributed by atoms with Gasteiger partial charge in [0, 0.05) is 13.2 Å². The molecule has 2 nitrogen and oxygen atoms in total. The first-order valence-electron chi connectivity index (χ1n) is 3.65. The second-order valence-corrected chi connectivity index (χ2v) is 3.76. The van der Waals surface area contributed by atoms with Crippen LogP contribution in [0.1, 0.15) is 13.8 Å². The minimum Gasteiger partial charge on any atom is -0.412 e. The fraction of sp³-hybridized carbons (Fsp3) is 0.857. The molecule has 0 saturated carbocycles. The molecule has 0 aliphatic carbocycles. The molecule has 0 aliphatic heterocycles. The third kappa shape index (κ3) is 13.6. The number of ether oxygens (including phenoxy) is 1. The van der Waals surface area contributed by atoms with Crippen molar-refractivity contribution >= 4 is 29.2 Å². The van der Waals surface area contributed by atoms with Crippen molar-refractivity contribution in [2.45, 2.75) is 13.8 Å². The predicted molar refractivity (Wildman–Crippen MR) is 53.6 cm³/mol. The molecule has 0 spiro atoms. The zero-order valence-corrected chi connectivity index (χ0v) is 11.6. The maximum atomic E-state index is 5.28. The van der Waals surface area contributed by atoms with E-state index in [4.69, 9.17) is 4.74 Å². The van der Waals surface area contributed by atoms with E-state index in [1.165, 1.54) is 0 Å². The Bertz CT molecular complexity index is 122. The Morgan fingerprint density at radius 3 is 2.58 bits per heavy atom. The molecular formula is C7H14NNaOS2. The van der Waals surface area contributed by atoms with Gasteiger partial charge in [0.05, 0.1) is 6.61 Å². The van der Waals surface area contributed by atoms with Crippen LogP contribution in [-0.2, 0) is 17.4 Å². The van der Waals surface area contributed by atoms with Crippen LogP contribution in [0.25, 0.3) is 0 Å². The van der Waals surface area contributed by atoms with E-state index in [0.717, 1.165) is 13.2 Å². The molecule has 0 aromatic rings. The van der Waals surface area contributed by atoms with Gasteiger partial charge in [-0.05, 0) is 5.92 Å². The van der Waals surface area contributed by atoms with E-state index in [9.17, 15) is 0 Å². The molecule has 0 fully saturated rings. The summed E-state index contributed by atoms with van der Waals surface area (Å²) in [6, 6.07) is 0. The van der Waals surface area contributed by atoms with Gasteiger partial charge >= 0.3 is 29.6 Å². The molecule has 0 heterocycles. The molecule has 66 valence electrons. The number of thiocarbonyl (C=S) groups is 1. The van der Waals surface area contributed by atoms with Crippen LogP contribution in [-0.4, -0.2) is 24.1 Å². The van der Waals surface area contributed by atoms with Crippen molar-refractivity contribution in [1.82, 2.24) is 5.32 Å². The number of hydrogen-bond acceptors (Lipinski definition) is 3. The monoisotopic (exact) mass is 215 g/mol. The molecule has 12 heavy (non-hydrogen) atoms. The standard InChI is InChI=1S/C7H15NOS2.Na/c1-6(2)5-9-4-3-8-7(10)11;/h6H,3-5H2,1-2H3,(H2,8,10,11);/q;+1/p-1. The maximum Gasteiger partial charge on any atom is 1.00 e. The molecule has 0 atom stereocenters. The average Bonchev–Trinajstić information content (AvgIpc) is 1.85. The normalized spacial score (nSPS) is 9.25. The van der Waals surface area contributed by atoms with Crippen LogP contribution in [0.2, 0.25) is 0 Å². The molecule has 0 unspecified atom stereocenters. The summed E-state index contributed by atoms with van der Waals surface area (Å²) in [6.45, 7) is 6.42. The van der Waals surface area contributed by atoms with Crippen molar-refractivity contribution in [2.24, 2.45) is 5.92 Å². The summed E-state index contributed by atoms with van der Waals surface area (Å²) < 4.78 is 5.69. The van der Waals surface area contributed by atoms with Crippen molar-refractivity contribution in [2.75, 3.05) is 19.8 Å². The SMILES string of the molecule is CC(C)COCCNC(=S)[S-].[Na+]. The van der Waals surface area contributed by atoms with Gasteiger partial charge in [-0.25, -0.2) is 0 Å². The molecule has 0 rings (SSSR count). The second kappa shape index (κ2) is 10.2. The van der Waals surface area contributed by atoms with Crippen molar-refractivity contribution in [3.63, 3.8) is 0 Å². The van der Waals surface area contributed by atoms with E-state index in [-0.39, 0.29) is 29.6 Å². The van der Waals surface area contributed by atoms with Crippen molar-refractivity contribution < 1.29 is 34.3 Å². The van der Waals surface area contributed by atoms with E-state index < -0.39 is 0 Å². The van der Waals surface area contributed by atoms with E-state index in [1.54, 1.807) is 0 Å². The van der Waals surface area contributed by atoms with Gasteiger partial charge in [-0.15, -0.1) is 0 Å². The molecule has 1 N–H and O–H groups in total. The van der Waals surface area contributed by atoms with Crippen molar-refractivity contribution in [3.8, 4) is 0 Å². The number of hydrogen-bond donors (Lipinski definition) is 1. The maximum absolute atomic E-state index is 5.28. The third-order valence-electron chi connectivity index (χ3n) is 0.967. The molecule has 0 amide bonds. The summed E-state index contributed by atoms with van der Waals surface area (Å²) in [5.74, 6) is 0.588. The summed E-state index contributed by atoms with van der Waals surface area (Å²) in [4.78, 5) is 0. The first-order valence-corrected chi connectivity index (χ1v) is 4.47. The van der Waals surface area contributed by atoms with Crippen LogP contribution in [0.15, 0.2) is 0 Å². The zero-order chi connectivity index (χ0) is 8.69.